The standard InChI is InChI=1S/C20H26N4O10S2/c21-19(23-33-35(25,26)27)15-5-9-17(10-6-15)31-13-3-1-2-4-14-32-18-11-7-16(8-12-18)20(22)24-34-36(28,29)30/h5-12H,1-4,13-14H2,(H2,21,23)(H2,22,24)(H,25,26,27)(H,28,29,30). The Balaban J connectivity index is 1.61. The molecule has 36 heavy (non-hydrogen) atoms. The van der Waals surface area contributed by atoms with Crippen LogP contribution < -0.4 is 20.9 Å². The second kappa shape index (κ2) is 13.5. The van der Waals surface area contributed by atoms with Crippen LogP contribution in [0.2, 0.25) is 0 Å². The van der Waals surface area contributed by atoms with Crippen LogP contribution in [-0.2, 0) is 29.4 Å². The quantitative estimate of drug-likeness (QED) is 0.0821. The number of hydrogen-bond donors (Lipinski definition) is 4. The third kappa shape index (κ3) is 11.7. The summed E-state index contributed by atoms with van der Waals surface area (Å²) in [6.45, 7) is 1.00. The first-order chi connectivity index (χ1) is 16.9. The van der Waals surface area contributed by atoms with Gasteiger partial charge >= 0.3 is 20.8 Å². The summed E-state index contributed by atoms with van der Waals surface area (Å²) in [7, 11) is -9.43. The van der Waals surface area contributed by atoms with Crippen molar-refractivity contribution in [1.82, 2.24) is 0 Å². The highest BCUT2D eigenvalue weighted by Crippen LogP contribution is 2.15. The number of benzene rings is 2. The molecule has 0 amide bonds. The molecule has 14 nitrogen and oxygen atoms in total. The second-order valence-electron chi connectivity index (χ2n) is 7.12. The van der Waals surface area contributed by atoms with Gasteiger partial charge in [0, 0.05) is 11.1 Å². The zero-order valence-electron chi connectivity index (χ0n) is 18.9. The van der Waals surface area contributed by atoms with Crippen LogP contribution in [0.15, 0.2) is 58.8 Å². The molecule has 2 aromatic carbocycles. The van der Waals surface area contributed by atoms with Crippen LogP contribution in [0.3, 0.4) is 0 Å². The minimum atomic E-state index is -4.72. The van der Waals surface area contributed by atoms with Gasteiger partial charge in [-0.15, -0.1) is 0 Å². The Hall–Kier alpha value is -3.60. The first-order valence-electron chi connectivity index (χ1n) is 10.4. The zero-order chi connectivity index (χ0) is 26.6. The van der Waals surface area contributed by atoms with Crippen LogP contribution in [0, 0.1) is 0 Å². The van der Waals surface area contributed by atoms with Crippen molar-refractivity contribution in [2.24, 2.45) is 21.8 Å². The lowest BCUT2D eigenvalue weighted by atomic mass is 10.2. The summed E-state index contributed by atoms with van der Waals surface area (Å²) in [5.74, 6) is 0.759. The van der Waals surface area contributed by atoms with Crippen LogP contribution in [-0.4, -0.2) is 50.8 Å². The normalized spacial score (nSPS) is 12.7. The van der Waals surface area contributed by atoms with Crippen molar-refractivity contribution in [1.29, 1.82) is 0 Å². The average molecular weight is 547 g/mol. The number of amidine groups is 2. The van der Waals surface area contributed by atoms with Gasteiger partial charge in [0.2, 0.25) is 0 Å². The largest absolute Gasteiger partial charge is 0.494 e. The Bertz CT molecular complexity index is 1150. The number of hydrogen-bond acceptors (Lipinski definition) is 10. The van der Waals surface area contributed by atoms with Gasteiger partial charge in [0.1, 0.15) is 11.5 Å². The molecule has 6 N–H and O–H groups in total. The van der Waals surface area contributed by atoms with E-state index in [1.54, 1.807) is 48.5 Å². The van der Waals surface area contributed by atoms with Crippen molar-refractivity contribution in [2.75, 3.05) is 13.2 Å². The topological polar surface area (TPSA) is 222 Å². The number of ether oxygens (including phenoxy) is 2. The van der Waals surface area contributed by atoms with E-state index in [0.29, 0.717) is 35.8 Å². The van der Waals surface area contributed by atoms with Crippen molar-refractivity contribution in [3.8, 4) is 11.5 Å². The fourth-order valence-electron chi connectivity index (χ4n) is 2.66. The molecule has 0 bridgehead atoms. The van der Waals surface area contributed by atoms with E-state index < -0.39 is 20.8 Å². The van der Waals surface area contributed by atoms with Gasteiger partial charge in [-0.3, -0.25) is 9.11 Å². The molecule has 0 unspecified atom stereocenters. The minimum absolute atomic E-state index is 0.222. The summed E-state index contributed by atoms with van der Waals surface area (Å²) in [6, 6.07) is 12.9. The highest BCUT2D eigenvalue weighted by molar-refractivity contribution is 7.81. The smallest absolute Gasteiger partial charge is 0.466 e. The molecule has 16 heteroatoms. The second-order valence-corrected chi connectivity index (χ2v) is 9.13. The van der Waals surface area contributed by atoms with Crippen molar-refractivity contribution in [3.05, 3.63) is 59.7 Å². The molecule has 0 saturated heterocycles. The predicted molar refractivity (Wildman–Crippen MR) is 129 cm³/mol. The number of oxime groups is 2. The highest BCUT2D eigenvalue weighted by atomic mass is 32.3. The van der Waals surface area contributed by atoms with E-state index in [4.69, 9.17) is 30.0 Å². The first kappa shape index (κ1) is 28.6. The Kier molecular flexibility index (Phi) is 10.7. The Morgan fingerprint density at radius 1 is 0.639 bits per heavy atom. The molecule has 0 heterocycles. The third-order valence-electron chi connectivity index (χ3n) is 4.34. The van der Waals surface area contributed by atoms with Gasteiger partial charge in [-0.25, -0.2) is 8.57 Å². The maximum atomic E-state index is 10.5. The predicted octanol–water partition coefficient (Wildman–Crippen LogP) is 1.58. The van der Waals surface area contributed by atoms with Gasteiger partial charge in [0.25, 0.3) is 0 Å². The SMILES string of the molecule is N/C(=N\OS(=O)(=O)O)c1ccc(OCCCCCCOc2ccc(/C(N)=N/OS(=O)(=O)O)cc2)cc1. The van der Waals surface area contributed by atoms with Crippen molar-refractivity contribution < 1.29 is 44.0 Å². The third-order valence-corrected chi connectivity index (χ3v) is 4.86. The summed E-state index contributed by atoms with van der Waals surface area (Å²) < 4.78 is 78.0. The summed E-state index contributed by atoms with van der Waals surface area (Å²) in [4.78, 5) is 0. The van der Waals surface area contributed by atoms with Crippen LogP contribution in [0.5, 0.6) is 11.5 Å². The van der Waals surface area contributed by atoms with Gasteiger partial charge in [0.15, 0.2) is 11.7 Å². The Morgan fingerprint density at radius 3 is 1.28 bits per heavy atom. The average Bonchev–Trinajstić information content (AvgIpc) is 2.82. The van der Waals surface area contributed by atoms with Gasteiger partial charge in [-0.2, -0.15) is 16.8 Å². The zero-order valence-corrected chi connectivity index (χ0v) is 20.5. The molecule has 0 aliphatic rings. The van der Waals surface area contributed by atoms with Crippen LogP contribution in [0.4, 0.5) is 0 Å². The van der Waals surface area contributed by atoms with Crippen molar-refractivity contribution in [3.63, 3.8) is 0 Å². The number of nitrogens with zero attached hydrogens (tertiary/aromatic N) is 2. The number of unbranched alkanes of at least 4 members (excludes halogenated alkanes) is 3. The monoisotopic (exact) mass is 546 g/mol. The summed E-state index contributed by atoms with van der Waals surface area (Å²) in [5, 5.41) is 6.23. The lowest BCUT2D eigenvalue weighted by Crippen LogP contribution is -2.15. The molecule has 2 rings (SSSR count). The molecule has 0 aromatic heterocycles. The maximum Gasteiger partial charge on any atom is 0.466 e. The Labute approximate surface area is 208 Å². The lowest BCUT2D eigenvalue weighted by Gasteiger charge is -2.08. The van der Waals surface area contributed by atoms with E-state index in [0.717, 1.165) is 25.7 Å². The fraction of sp³-hybridized carbons (Fsp3) is 0.300. The highest BCUT2D eigenvalue weighted by Gasteiger charge is 2.07. The van der Waals surface area contributed by atoms with E-state index in [-0.39, 0.29) is 11.7 Å². The molecule has 198 valence electrons. The van der Waals surface area contributed by atoms with Gasteiger partial charge < -0.3 is 20.9 Å². The van der Waals surface area contributed by atoms with E-state index in [2.05, 4.69) is 18.9 Å². The first-order valence-corrected chi connectivity index (χ1v) is 13.1. The maximum absolute atomic E-state index is 10.5. The van der Waals surface area contributed by atoms with Crippen molar-refractivity contribution in [2.45, 2.75) is 25.7 Å². The molecule has 0 fully saturated rings. The number of rotatable bonds is 15. The minimum Gasteiger partial charge on any atom is -0.494 e. The van der Waals surface area contributed by atoms with Gasteiger partial charge in [0.05, 0.1) is 13.2 Å². The molecule has 0 aliphatic carbocycles. The molecule has 0 atom stereocenters. The molecule has 2 aromatic rings. The van der Waals surface area contributed by atoms with Crippen LogP contribution >= 0.6 is 0 Å². The lowest BCUT2D eigenvalue weighted by molar-refractivity contribution is 0.280. The number of nitrogens with two attached hydrogens (primary N) is 2. The molecule has 0 spiro atoms. The van der Waals surface area contributed by atoms with Crippen LogP contribution in [0.25, 0.3) is 0 Å². The van der Waals surface area contributed by atoms with Crippen molar-refractivity contribution >= 4 is 32.5 Å². The van der Waals surface area contributed by atoms with E-state index in [1.165, 1.54) is 0 Å². The van der Waals surface area contributed by atoms with E-state index in [9.17, 15) is 16.8 Å². The fourth-order valence-corrected chi connectivity index (χ4v) is 3.01. The van der Waals surface area contributed by atoms with Gasteiger partial charge in [-0.1, -0.05) is 0 Å². The van der Waals surface area contributed by atoms with E-state index >= 15 is 0 Å². The molecule has 0 radical (unpaired) electrons. The molecule has 0 saturated carbocycles. The van der Waals surface area contributed by atoms with E-state index in [1.807, 2.05) is 0 Å². The summed E-state index contributed by atoms with van der Waals surface area (Å²) in [6.07, 6.45) is 3.50. The molecular weight excluding hydrogens is 520 g/mol. The summed E-state index contributed by atoms with van der Waals surface area (Å²) in [5.41, 5.74) is 11.9. The van der Waals surface area contributed by atoms with Gasteiger partial charge in [-0.05, 0) is 84.5 Å². The molecular formula is C20H26N4O10S2. The Morgan fingerprint density at radius 2 is 0.972 bits per heavy atom. The molecule has 0 aliphatic heterocycles. The summed E-state index contributed by atoms with van der Waals surface area (Å²) >= 11 is 0. The van der Waals surface area contributed by atoms with Crippen LogP contribution in [0.1, 0.15) is 36.8 Å².